The molecule has 31 heavy (non-hydrogen) atoms. The van der Waals surface area contributed by atoms with Gasteiger partial charge in [0.1, 0.15) is 0 Å². The largest absolute Gasteiger partial charge is 0.472 e. The first-order valence-electron chi connectivity index (χ1n) is 10.9. The molecule has 1 rings (SSSR count). The van der Waals surface area contributed by atoms with Crippen LogP contribution in [-0.2, 0) is 13.6 Å². The fourth-order valence-electron chi connectivity index (χ4n) is 3.45. The van der Waals surface area contributed by atoms with Crippen LogP contribution in [0.1, 0.15) is 53.9 Å². The molecule has 0 amide bonds. The molecule has 174 valence electrons. The average molecular weight is 450 g/mol. The Bertz CT molecular complexity index is 759. The average Bonchev–Trinajstić information content (AvgIpc) is 2.68. The molecule has 0 aromatic heterocycles. The van der Waals surface area contributed by atoms with E-state index < -0.39 is 7.82 Å². The van der Waals surface area contributed by atoms with Crippen LogP contribution < -0.4 is 5.32 Å². The molecule has 0 aromatic carbocycles. The van der Waals surface area contributed by atoms with Crippen LogP contribution in [0.2, 0.25) is 0 Å². The second-order valence-corrected chi connectivity index (χ2v) is 10.0. The molecule has 0 heterocycles. The quantitative estimate of drug-likeness (QED) is 0.197. The fraction of sp³-hybridized carbons (Fsp3) is 0.520. The van der Waals surface area contributed by atoms with Crippen molar-refractivity contribution in [3.63, 3.8) is 0 Å². The molecule has 0 fully saturated rings. The van der Waals surface area contributed by atoms with Gasteiger partial charge >= 0.3 is 7.82 Å². The van der Waals surface area contributed by atoms with Gasteiger partial charge in [-0.1, -0.05) is 67.0 Å². The molecule has 0 saturated carbocycles. The van der Waals surface area contributed by atoms with Gasteiger partial charge in [-0.3, -0.25) is 9.05 Å². The van der Waals surface area contributed by atoms with Gasteiger partial charge in [-0.15, -0.1) is 0 Å². The Kier molecular flexibility index (Phi) is 12.6. The topological polar surface area (TPSA) is 67.8 Å². The molecule has 0 aromatic rings. The van der Waals surface area contributed by atoms with E-state index in [2.05, 4.69) is 80.9 Å². The van der Waals surface area contributed by atoms with E-state index in [4.69, 9.17) is 4.52 Å². The third-order valence-corrected chi connectivity index (χ3v) is 6.21. The highest BCUT2D eigenvalue weighted by molar-refractivity contribution is 7.47. The predicted octanol–water partition coefficient (Wildman–Crippen LogP) is 6.28. The van der Waals surface area contributed by atoms with Crippen molar-refractivity contribution >= 4 is 7.82 Å². The number of hydrogen-bond acceptors (Lipinski definition) is 4. The van der Waals surface area contributed by atoms with Crippen LogP contribution in [0.4, 0.5) is 0 Å². The fourth-order valence-corrected chi connectivity index (χ4v) is 4.14. The summed E-state index contributed by atoms with van der Waals surface area (Å²) < 4.78 is 21.0. The zero-order valence-electron chi connectivity index (χ0n) is 19.8. The van der Waals surface area contributed by atoms with E-state index in [0.29, 0.717) is 13.1 Å². The summed E-state index contributed by atoms with van der Waals surface area (Å²) in [6.07, 6.45) is 17.9. The number of phosphoric ester groups is 1. The maximum atomic E-state index is 11.5. The SMILES string of the molecule is [CH2][CH]COP(=O)(O)OCCNC/C=C(C)/C=C/C=C(C)/C=C/C1=C(C)CCCC1(C)C. The Morgan fingerprint density at radius 2 is 2.00 bits per heavy atom. The van der Waals surface area contributed by atoms with Gasteiger partial charge in [0.15, 0.2) is 0 Å². The molecule has 0 spiro atoms. The first-order valence-corrected chi connectivity index (χ1v) is 12.4. The molecule has 2 radical (unpaired) electrons. The standard InChI is InChI=1S/C25H40NO4P/c1-7-19-29-31(27,28)30-20-18-26-17-15-22(3)11-8-10-21(2)13-14-24-23(4)12-9-16-25(24,5)6/h7-8,10-11,13-15,26H,1,9,12,16-20H2,2-6H3,(H,27,28)/b11-8+,14-13+,21-10+,22-15+. The third-order valence-electron chi connectivity index (χ3n) is 5.23. The minimum absolute atomic E-state index is 0.0192. The number of rotatable bonds is 13. The van der Waals surface area contributed by atoms with Gasteiger partial charge in [0.2, 0.25) is 0 Å². The maximum absolute atomic E-state index is 11.5. The van der Waals surface area contributed by atoms with E-state index in [1.165, 1.54) is 42.4 Å². The van der Waals surface area contributed by atoms with Crippen molar-refractivity contribution < 1.29 is 18.5 Å². The van der Waals surface area contributed by atoms with Gasteiger partial charge in [-0.25, -0.2) is 4.57 Å². The Hall–Kier alpha value is -1.23. The Morgan fingerprint density at radius 3 is 2.68 bits per heavy atom. The molecule has 0 bridgehead atoms. The zero-order chi connectivity index (χ0) is 23.3. The van der Waals surface area contributed by atoms with E-state index >= 15 is 0 Å². The van der Waals surface area contributed by atoms with E-state index in [1.807, 2.05) is 6.92 Å². The van der Waals surface area contributed by atoms with Crippen molar-refractivity contribution in [2.45, 2.75) is 53.9 Å². The van der Waals surface area contributed by atoms with Crippen LogP contribution in [0.5, 0.6) is 0 Å². The molecule has 0 aliphatic heterocycles. The van der Waals surface area contributed by atoms with E-state index in [1.54, 1.807) is 0 Å². The summed E-state index contributed by atoms with van der Waals surface area (Å²) >= 11 is 0. The summed E-state index contributed by atoms with van der Waals surface area (Å²) in [6.45, 7) is 15.7. The molecule has 2 N–H and O–H groups in total. The highest BCUT2D eigenvalue weighted by atomic mass is 31.2. The van der Waals surface area contributed by atoms with Gasteiger partial charge in [0.05, 0.1) is 13.2 Å². The summed E-state index contributed by atoms with van der Waals surface area (Å²) in [5, 5.41) is 3.14. The summed E-state index contributed by atoms with van der Waals surface area (Å²) in [7, 11) is -3.98. The molecule has 1 atom stereocenters. The summed E-state index contributed by atoms with van der Waals surface area (Å²) in [6, 6.07) is 0. The molecule has 0 saturated heterocycles. The minimum Gasteiger partial charge on any atom is -0.311 e. The van der Waals surface area contributed by atoms with Crippen LogP contribution in [0.25, 0.3) is 0 Å². The van der Waals surface area contributed by atoms with Crippen LogP contribution >= 0.6 is 7.82 Å². The molecular weight excluding hydrogens is 409 g/mol. The summed E-state index contributed by atoms with van der Waals surface area (Å²) in [5.41, 5.74) is 5.60. The lowest BCUT2D eigenvalue weighted by atomic mass is 9.72. The first-order chi connectivity index (χ1) is 14.6. The highest BCUT2D eigenvalue weighted by Crippen LogP contribution is 2.43. The van der Waals surface area contributed by atoms with E-state index in [-0.39, 0.29) is 18.6 Å². The van der Waals surface area contributed by atoms with E-state index in [0.717, 1.165) is 5.57 Å². The van der Waals surface area contributed by atoms with Crippen molar-refractivity contribution in [2.75, 3.05) is 26.3 Å². The summed E-state index contributed by atoms with van der Waals surface area (Å²) in [4.78, 5) is 9.38. The number of hydrogen-bond donors (Lipinski definition) is 2. The van der Waals surface area contributed by atoms with Crippen LogP contribution in [0.15, 0.2) is 58.7 Å². The third kappa shape index (κ3) is 11.8. The lowest BCUT2D eigenvalue weighted by molar-refractivity contribution is 0.159. The van der Waals surface area contributed by atoms with Gasteiger partial charge in [0, 0.05) is 13.1 Å². The molecule has 1 unspecified atom stereocenters. The van der Waals surface area contributed by atoms with Crippen LogP contribution in [0, 0.1) is 18.8 Å². The van der Waals surface area contributed by atoms with Crippen molar-refractivity contribution in [1.82, 2.24) is 5.32 Å². The van der Waals surface area contributed by atoms with Crippen molar-refractivity contribution in [2.24, 2.45) is 5.41 Å². The van der Waals surface area contributed by atoms with Gasteiger partial charge in [-0.05, 0) is 64.4 Å². The Morgan fingerprint density at radius 1 is 1.26 bits per heavy atom. The molecule has 1 aliphatic rings. The van der Waals surface area contributed by atoms with Crippen LogP contribution in [-0.4, -0.2) is 31.2 Å². The van der Waals surface area contributed by atoms with Crippen molar-refractivity contribution in [1.29, 1.82) is 0 Å². The van der Waals surface area contributed by atoms with Crippen LogP contribution in [0.3, 0.4) is 0 Å². The second-order valence-electron chi connectivity index (χ2n) is 8.57. The minimum atomic E-state index is -3.98. The summed E-state index contributed by atoms with van der Waals surface area (Å²) in [5.74, 6) is 0. The zero-order valence-corrected chi connectivity index (χ0v) is 20.7. The first kappa shape index (κ1) is 27.8. The number of phosphoric acid groups is 1. The molecular formula is C25H40NO4P. The molecule has 1 aliphatic carbocycles. The Labute approximate surface area is 189 Å². The predicted molar refractivity (Wildman–Crippen MR) is 130 cm³/mol. The van der Waals surface area contributed by atoms with Gasteiger partial charge < -0.3 is 10.2 Å². The lowest BCUT2D eigenvalue weighted by Gasteiger charge is -2.32. The van der Waals surface area contributed by atoms with E-state index in [9.17, 15) is 9.46 Å². The smallest absolute Gasteiger partial charge is 0.311 e. The van der Waals surface area contributed by atoms with Gasteiger partial charge in [-0.2, -0.15) is 0 Å². The lowest BCUT2D eigenvalue weighted by Crippen LogP contribution is -2.19. The Balaban J connectivity index is 2.40. The molecule has 6 heteroatoms. The maximum Gasteiger partial charge on any atom is 0.472 e. The second kappa shape index (κ2) is 14.0. The number of nitrogens with one attached hydrogen (secondary N) is 1. The monoisotopic (exact) mass is 449 g/mol. The van der Waals surface area contributed by atoms with Crippen molar-refractivity contribution in [3.05, 3.63) is 72.1 Å². The normalized spacial score (nSPS) is 20.1. The number of allylic oxidation sites excluding steroid dienone is 9. The van der Waals surface area contributed by atoms with Crippen molar-refractivity contribution in [3.8, 4) is 0 Å². The van der Waals surface area contributed by atoms with Gasteiger partial charge in [0.25, 0.3) is 0 Å². The molecule has 5 nitrogen and oxygen atoms in total. The highest BCUT2D eigenvalue weighted by Gasteiger charge is 2.26.